The predicted molar refractivity (Wildman–Crippen MR) is 62.0 cm³/mol. The van der Waals surface area contributed by atoms with E-state index in [0.717, 1.165) is 0 Å². The average molecular weight is 251 g/mol. The molecule has 0 bridgehead atoms. The van der Waals surface area contributed by atoms with Gasteiger partial charge in [-0.2, -0.15) is 5.10 Å². The van der Waals surface area contributed by atoms with Crippen molar-refractivity contribution < 1.29 is 14.7 Å². The highest BCUT2D eigenvalue weighted by molar-refractivity contribution is 5.92. The SMILES string of the molecule is O=C(O)C1CCC(C(=O)Nc2ccc(=O)[nH]n2)C1. The van der Waals surface area contributed by atoms with Crippen molar-refractivity contribution in [2.75, 3.05) is 5.32 Å². The van der Waals surface area contributed by atoms with E-state index in [1.54, 1.807) is 0 Å². The lowest BCUT2D eigenvalue weighted by Gasteiger charge is -2.09. The Bertz CT molecular complexity index is 505. The van der Waals surface area contributed by atoms with Crippen molar-refractivity contribution in [3.05, 3.63) is 22.5 Å². The van der Waals surface area contributed by atoms with Crippen LogP contribution in [-0.4, -0.2) is 27.2 Å². The van der Waals surface area contributed by atoms with Crippen molar-refractivity contribution in [3.8, 4) is 0 Å². The molecule has 1 saturated carbocycles. The third kappa shape index (κ3) is 2.73. The van der Waals surface area contributed by atoms with Crippen molar-refractivity contribution in [1.82, 2.24) is 10.2 Å². The molecule has 7 heteroatoms. The van der Waals surface area contributed by atoms with Gasteiger partial charge in [-0.3, -0.25) is 14.4 Å². The molecule has 18 heavy (non-hydrogen) atoms. The van der Waals surface area contributed by atoms with Gasteiger partial charge in [0.15, 0.2) is 5.82 Å². The standard InChI is InChI=1S/C11H13N3O4/c15-9-4-3-8(13-14-9)12-10(16)6-1-2-7(5-6)11(17)18/h3-4,6-7H,1-2,5H2,(H,14,15)(H,17,18)(H,12,13,16). The van der Waals surface area contributed by atoms with E-state index in [2.05, 4.69) is 15.5 Å². The van der Waals surface area contributed by atoms with Gasteiger partial charge in [-0.05, 0) is 25.3 Å². The van der Waals surface area contributed by atoms with Crippen LogP contribution in [0.1, 0.15) is 19.3 Å². The number of aromatic amines is 1. The molecule has 1 aromatic heterocycles. The third-order valence-corrected chi connectivity index (χ3v) is 3.08. The van der Waals surface area contributed by atoms with E-state index < -0.39 is 11.9 Å². The first-order chi connectivity index (χ1) is 8.56. The van der Waals surface area contributed by atoms with Crippen LogP contribution in [0.15, 0.2) is 16.9 Å². The number of amides is 1. The second kappa shape index (κ2) is 4.99. The van der Waals surface area contributed by atoms with Gasteiger partial charge in [-0.1, -0.05) is 0 Å². The molecule has 0 aromatic carbocycles. The second-order valence-electron chi connectivity index (χ2n) is 4.34. The van der Waals surface area contributed by atoms with Crippen LogP contribution in [0.25, 0.3) is 0 Å². The quantitative estimate of drug-likeness (QED) is 0.710. The van der Waals surface area contributed by atoms with Gasteiger partial charge in [0.2, 0.25) is 5.91 Å². The summed E-state index contributed by atoms with van der Waals surface area (Å²) in [5.41, 5.74) is -0.347. The van der Waals surface area contributed by atoms with E-state index >= 15 is 0 Å². The normalized spacial score (nSPS) is 22.7. The third-order valence-electron chi connectivity index (χ3n) is 3.08. The smallest absolute Gasteiger partial charge is 0.306 e. The highest BCUT2D eigenvalue weighted by Gasteiger charge is 2.33. The van der Waals surface area contributed by atoms with Crippen molar-refractivity contribution in [1.29, 1.82) is 0 Å². The second-order valence-corrected chi connectivity index (χ2v) is 4.34. The summed E-state index contributed by atoms with van der Waals surface area (Å²) in [7, 11) is 0. The average Bonchev–Trinajstić information content (AvgIpc) is 2.81. The van der Waals surface area contributed by atoms with Gasteiger partial charge in [0.25, 0.3) is 5.56 Å². The fraction of sp³-hybridized carbons (Fsp3) is 0.455. The number of rotatable bonds is 3. The van der Waals surface area contributed by atoms with Crippen LogP contribution in [0.2, 0.25) is 0 Å². The molecule has 3 N–H and O–H groups in total. The molecule has 1 amide bonds. The summed E-state index contributed by atoms with van der Waals surface area (Å²) < 4.78 is 0. The molecular formula is C11H13N3O4. The summed E-state index contributed by atoms with van der Waals surface area (Å²) in [6.45, 7) is 0. The number of aliphatic carboxylic acids is 1. The number of hydrogen-bond donors (Lipinski definition) is 3. The van der Waals surface area contributed by atoms with Gasteiger partial charge in [0.05, 0.1) is 5.92 Å². The molecule has 0 radical (unpaired) electrons. The molecule has 1 aliphatic rings. The minimum absolute atomic E-state index is 0.252. The molecule has 1 aliphatic carbocycles. The molecule has 2 unspecified atom stereocenters. The summed E-state index contributed by atoms with van der Waals surface area (Å²) in [5, 5.41) is 17.3. The van der Waals surface area contributed by atoms with Gasteiger partial charge in [0, 0.05) is 12.0 Å². The number of nitrogens with one attached hydrogen (secondary N) is 2. The predicted octanol–water partition coefficient (Wildman–Crippen LogP) is 0.209. The Morgan fingerprint density at radius 2 is 2.06 bits per heavy atom. The molecule has 2 rings (SSSR count). The van der Waals surface area contributed by atoms with Crippen molar-refractivity contribution in [2.45, 2.75) is 19.3 Å². The summed E-state index contributed by atoms with van der Waals surface area (Å²) in [4.78, 5) is 33.4. The number of carboxylic acid groups (broad SMARTS) is 1. The van der Waals surface area contributed by atoms with Gasteiger partial charge in [-0.25, -0.2) is 5.10 Å². The largest absolute Gasteiger partial charge is 0.481 e. The van der Waals surface area contributed by atoms with Crippen LogP contribution >= 0.6 is 0 Å². The Labute approximate surface area is 102 Å². The molecule has 0 saturated heterocycles. The summed E-state index contributed by atoms with van der Waals surface area (Å²) in [5.74, 6) is -1.59. The zero-order valence-corrected chi connectivity index (χ0v) is 9.55. The fourth-order valence-electron chi connectivity index (χ4n) is 2.09. The number of aromatic nitrogens is 2. The van der Waals surface area contributed by atoms with Crippen molar-refractivity contribution >= 4 is 17.7 Å². The number of H-pyrrole nitrogens is 1. The maximum atomic E-state index is 11.8. The van der Waals surface area contributed by atoms with E-state index in [-0.39, 0.29) is 23.2 Å². The van der Waals surface area contributed by atoms with Crippen molar-refractivity contribution in [2.24, 2.45) is 11.8 Å². The number of carbonyl (C=O) groups is 2. The van der Waals surface area contributed by atoms with Crippen LogP contribution < -0.4 is 10.9 Å². The Balaban J connectivity index is 1.95. The van der Waals surface area contributed by atoms with E-state index in [1.165, 1.54) is 12.1 Å². The van der Waals surface area contributed by atoms with Crippen LogP contribution in [0.3, 0.4) is 0 Å². The van der Waals surface area contributed by atoms with E-state index in [0.29, 0.717) is 19.3 Å². The topological polar surface area (TPSA) is 112 Å². The summed E-state index contributed by atoms with van der Waals surface area (Å²) >= 11 is 0. The number of hydrogen-bond acceptors (Lipinski definition) is 4. The zero-order chi connectivity index (χ0) is 13.1. The molecule has 0 aliphatic heterocycles. The van der Waals surface area contributed by atoms with E-state index in [1.807, 2.05) is 0 Å². The summed E-state index contributed by atoms with van der Waals surface area (Å²) in [6.07, 6.45) is 1.43. The maximum Gasteiger partial charge on any atom is 0.306 e. The molecule has 96 valence electrons. The number of anilines is 1. The molecular weight excluding hydrogens is 238 g/mol. The fourth-order valence-corrected chi connectivity index (χ4v) is 2.09. The van der Waals surface area contributed by atoms with Crippen LogP contribution in [0.5, 0.6) is 0 Å². The minimum atomic E-state index is -0.854. The van der Waals surface area contributed by atoms with Crippen LogP contribution in [0, 0.1) is 11.8 Å². The van der Waals surface area contributed by atoms with E-state index in [4.69, 9.17) is 5.11 Å². The highest BCUT2D eigenvalue weighted by Crippen LogP contribution is 2.31. The first-order valence-corrected chi connectivity index (χ1v) is 5.65. The van der Waals surface area contributed by atoms with Gasteiger partial charge >= 0.3 is 5.97 Å². The molecule has 1 heterocycles. The first-order valence-electron chi connectivity index (χ1n) is 5.65. The lowest BCUT2D eigenvalue weighted by molar-refractivity contribution is -0.141. The molecule has 1 fully saturated rings. The van der Waals surface area contributed by atoms with Crippen LogP contribution in [0.4, 0.5) is 5.82 Å². The first kappa shape index (κ1) is 12.3. The molecule has 0 spiro atoms. The van der Waals surface area contributed by atoms with Gasteiger partial charge < -0.3 is 10.4 Å². The van der Waals surface area contributed by atoms with Gasteiger partial charge in [0.1, 0.15) is 0 Å². The molecule has 2 atom stereocenters. The number of carboxylic acids is 1. The van der Waals surface area contributed by atoms with Gasteiger partial charge in [-0.15, -0.1) is 0 Å². The Hall–Kier alpha value is -2.18. The lowest BCUT2D eigenvalue weighted by Crippen LogP contribution is -2.23. The number of nitrogens with zero attached hydrogens (tertiary/aromatic N) is 1. The lowest BCUT2D eigenvalue weighted by atomic mass is 10.0. The zero-order valence-electron chi connectivity index (χ0n) is 9.55. The monoisotopic (exact) mass is 251 g/mol. The highest BCUT2D eigenvalue weighted by atomic mass is 16.4. The maximum absolute atomic E-state index is 11.8. The Morgan fingerprint density at radius 3 is 2.61 bits per heavy atom. The van der Waals surface area contributed by atoms with Crippen LogP contribution in [-0.2, 0) is 9.59 Å². The Morgan fingerprint density at radius 1 is 1.33 bits per heavy atom. The Kier molecular flexibility index (Phi) is 3.40. The minimum Gasteiger partial charge on any atom is -0.481 e. The molecule has 7 nitrogen and oxygen atoms in total. The molecule has 1 aromatic rings. The van der Waals surface area contributed by atoms with Crippen molar-refractivity contribution in [3.63, 3.8) is 0 Å². The van der Waals surface area contributed by atoms with E-state index in [9.17, 15) is 14.4 Å². The number of carbonyl (C=O) groups excluding carboxylic acids is 1. The summed E-state index contributed by atoms with van der Waals surface area (Å²) in [6, 6.07) is 2.66.